The first-order valence-corrected chi connectivity index (χ1v) is 32.9. The van der Waals surface area contributed by atoms with Crippen molar-refractivity contribution in [3.8, 4) is 23.0 Å². The Morgan fingerprint density at radius 2 is 0.430 bits per heavy atom. The van der Waals surface area contributed by atoms with E-state index in [9.17, 15) is 0 Å². The first-order chi connectivity index (χ1) is 42.6. The molecule has 430 valence electrons. The lowest BCUT2D eigenvalue weighted by Crippen LogP contribution is -2.05. The summed E-state index contributed by atoms with van der Waals surface area (Å²) < 4.78 is 29.6. The Hall–Kier alpha value is -8.34. The summed E-state index contributed by atoms with van der Waals surface area (Å²) in [7, 11) is 0. The zero-order valence-electron chi connectivity index (χ0n) is 50.8. The average Bonchev–Trinajstić information content (AvgIpc) is 0.661. The SMILES string of the molecule is CCCCCCOc1cc(OCCCCCC)c2c3c4ccccc4ccc3c3c4c5ccc6ccccc6c5c5c(OCCCCCC)cc(OCCCCCC)c6c7c8ccccc8ccc7c(c7c8ccc9ccccc9c8c1c2c73)c4c65. The fraction of sp³-hybridized carbons (Fsp3) is 0.293. The molecule has 15 aromatic rings. The maximum Gasteiger partial charge on any atom is 0.131 e. The van der Waals surface area contributed by atoms with Crippen LogP contribution in [-0.4, -0.2) is 26.4 Å². The molecule has 0 fully saturated rings. The van der Waals surface area contributed by atoms with Gasteiger partial charge in [-0.25, -0.2) is 0 Å². The Labute approximate surface area is 504 Å². The third-order valence-corrected chi connectivity index (χ3v) is 19.3. The molecule has 0 radical (unpaired) electrons. The smallest absolute Gasteiger partial charge is 0.131 e. The van der Waals surface area contributed by atoms with Crippen LogP contribution in [-0.2, 0) is 0 Å². The van der Waals surface area contributed by atoms with Gasteiger partial charge in [0, 0.05) is 76.8 Å². The third-order valence-electron chi connectivity index (χ3n) is 19.3. The van der Waals surface area contributed by atoms with Gasteiger partial charge in [0.25, 0.3) is 0 Å². The van der Waals surface area contributed by atoms with Gasteiger partial charge >= 0.3 is 0 Å². The zero-order valence-corrected chi connectivity index (χ0v) is 50.8. The number of unbranched alkanes of at least 4 members (excludes halogenated alkanes) is 12. The summed E-state index contributed by atoms with van der Waals surface area (Å²) >= 11 is 0. The summed E-state index contributed by atoms with van der Waals surface area (Å²) in [6.45, 7) is 11.7. The minimum absolute atomic E-state index is 0.628. The van der Waals surface area contributed by atoms with E-state index in [0.29, 0.717) is 26.4 Å². The second-order valence-electron chi connectivity index (χ2n) is 24.7. The van der Waals surface area contributed by atoms with Gasteiger partial charge < -0.3 is 18.9 Å². The molecule has 0 aliphatic carbocycles. The van der Waals surface area contributed by atoms with Crippen LogP contribution in [0, 0.1) is 0 Å². The fourth-order valence-corrected chi connectivity index (χ4v) is 15.4. The van der Waals surface area contributed by atoms with Crippen molar-refractivity contribution in [1.29, 1.82) is 0 Å². The van der Waals surface area contributed by atoms with Crippen molar-refractivity contribution in [2.45, 2.75) is 130 Å². The summed E-state index contributed by atoms with van der Waals surface area (Å²) in [5.74, 6) is 3.61. The molecule has 0 saturated carbocycles. The number of benzene rings is 15. The number of ether oxygens (including phenoxy) is 4. The summed E-state index contributed by atoms with van der Waals surface area (Å²) in [6, 6.07) is 60.2. The van der Waals surface area contributed by atoms with Crippen LogP contribution < -0.4 is 18.9 Å². The first-order valence-electron chi connectivity index (χ1n) is 32.9. The molecule has 0 aromatic heterocycles. The van der Waals surface area contributed by atoms with Gasteiger partial charge in [0.1, 0.15) is 23.0 Å². The summed E-state index contributed by atoms with van der Waals surface area (Å²) in [5, 5.41) is 34.3. The monoisotopic (exact) mass is 1130 g/mol. The maximum absolute atomic E-state index is 7.41. The van der Waals surface area contributed by atoms with Crippen molar-refractivity contribution in [1.82, 2.24) is 0 Å². The molecule has 0 unspecified atom stereocenters. The van der Waals surface area contributed by atoms with Crippen molar-refractivity contribution in [2.75, 3.05) is 26.4 Å². The molecule has 4 nitrogen and oxygen atoms in total. The van der Waals surface area contributed by atoms with E-state index in [2.05, 4.69) is 185 Å². The summed E-state index contributed by atoms with van der Waals surface area (Å²) in [6.07, 6.45) is 17.9. The van der Waals surface area contributed by atoms with Crippen molar-refractivity contribution in [3.05, 3.63) is 158 Å². The lowest BCUT2D eigenvalue weighted by molar-refractivity contribution is 0.295. The predicted octanol–water partition coefficient (Wildman–Crippen LogP) is 24.5. The molecule has 0 saturated heterocycles. The molecule has 0 N–H and O–H groups in total. The molecule has 0 aliphatic rings. The van der Waals surface area contributed by atoms with Gasteiger partial charge in [-0.1, -0.05) is 250 Å². The lowest BCUT2D eigenvalue weighted by Gasteiger charge is -2.28. The molecule has 0 amide bonds. The van der Waals surface area contributed by atoms with Crippen LogP contribution in [0.3, 0.4) is 0 Å². The molecule has 15 aromatic carbocycles. The van der Waals surface area contributed by atoms with Gasteiger partial charge in [-0.05, 0) is 112 Å². The lowest BCUT2D eigenvalue weighted by atomic mass is 9.76. The molecule has 86 heavy (non-hydrogen) atoms. The molecular formula is C82H78O4. The second kappa shape index (κ2) is 23.2. The molecule has 0 spiro atoms. The highest BCUT2D eigenvalue weighted by Gasteiger charge is 2.33. The number of hydrogen-bond donors (Lipinski definition) is 0. The quantitative estimate of drug-likeness (QED) is 0.0343. The van der Waals surface area contributed by atoms with E-state index in [1.54, 1.807) is 0 Å². The van der Waals surface area contributed by atoms with Gasteiger partial charge in [-0.3, -0.25) is 0 Å². The Bertz CT molecular complexity index is 4450. The Balaban J connectivity index is 1.26. The van der Waals surface area contributed by atoms with Crippen molar-refractivity contribution < 1.29 is 18.9 Å². The van der Waals surface area contributed by atoms with E-state index in [-0.39, 0.29) is 0 Å². The number of fused-ring (bicyclic) bond motifs is 22. The zero-order chi connectivity index (χ0) is 57.8. The Morgan fingerprint density at radius 3 is 0.674 bits per heavy atom. The molecule has 0 heterocycles. The van der Waals surface area contributed by atoms with Crippen molar-refractivity contribution in [3.63, 3.8) is 0 Å². The van der Waals surface area contributed by atoms with Gasteiger partial charge in [0.15, 0.2) is 0 Å². The summed E-state index contributed by atoms with van der Waals surface area (Å²) in [5.41, 5.74) is 0. The molecule has 0 bridgehead atoms. The number of rotatable bonds is 24. The van der Waals surface area contributed by atoms with Gasteiger partial charge in [-0.2, -0.15) is 0 Å². The topological polar surface area (TPSA) is 36.9 Å². The van der Waals surface area contributed by atoms with Gasteiger partial charge in [0.2, 0.25) is 0 Å². The van der Waals surface area contributed by atoms with E-state index in [4.69, 9.17) is 18.9 Å². The highest BCUT2D eigenvalue weighted by Crippen LogP contribution is 2.61. The average molecular weight is 1130 g/mol. The molecule has 4 heteroatoms. The highest BCUT2D eigenvalue weighted by molar-refractivity contribution is 6.58. The molecule has 15 rings (SSSR count). The Kier molecular flexibility index (Phi) is 14.6. The van der Waals surface area contributed by atoms with Crippen LogP contribution in [0.2, 0.25) is 0 Å². The van der Waals surface area contributed by atoms with Gasteiger partial charge in [0.05, 0.1) is 26.4 Å². The van der Waals surface area contributed by atoms with Crippen LogP contribution in [0.25, 0.3) is 151 Å². The van der Waals surface area contributed by atoms with Crippen LogP contribution in [0.4, 0.5) is 0 Å². The van der Waals surface area contributed by atoms with Crippen LogP contribution >= 0.6 is 0 Å². The Morgan fingerprint density at radius 1 is 0.198 bits per heavy atom. The van der Waals surface area contributed by atoms with Gasteiger partial charge in [-0.15, -0.1) is 0 Å². The third kappa shape index (κ3) is 8.74. The molecular weight excluding hydrogens is 1050 g/mol. The normalized spacial score (nSPS) is 12.4. The van der Waals surface area contributed by atoms with E-state index in [1.807, 2.05) is 0 Å². The first kappa shape index (κ1) is 54.3. The minimum atomic E-state index is 0.628. The predicted molar refractivity (Wildman–Crippen MR) is 372 cm³/mol. The highest BCUT2D eigenvalue weighted by atomic mass is 16.5. The van der Waals surface area contributed by atoms with E-state index in [1.165, 1.54) is 202 Å². The fourth-order valence-electron chi connectivity index (χ4n) is 15.4. The molecule has 0 aliphatic heterocycles. The van der Waals surface area contributed by atoms with Crippen molar-refractivity contribution in [2.24, 2.45) is 0 Å². The minimum Gasteiger partial charge on any atom is -0.493 e. The largest absolute Gasteiger partial charge is 0.493 e. The van der Waals surface area contributed by atoms with E-state index < -0.39 is 0 Å². The van der Waals surface area contributed by atoms with Crippen LogP contribution in [0.5, 0.6) is 23.0 Å². The maximum atomic E-state index is 7.41. The van der Waals surface area contributed by atoms with Crippen LogP contribution in [0.1, 0.15) is 130 Å². The number of hydrogen-bond acceptors (Lipinski definition) is 4. The molecule has 0 atom stereocenters. The second-order valence-corrected chi connectivity index (χ2v) is 24.7. The van der Waals surface area contributed by atoms with E-state index >= 15 is 0 Å². The van der Waals surface area contributed by atoms with Crippen molar-refractivity contribution >= 4 is 151 Å². The summed E-state index contributed by atoms with van der Waals surface area (Å²) in [4.78, 5) is 0. The van der Waals surface area contributed by atoms with E-state index in [0.717, 1.165) is 74.4 Å². The standard InChI is InChI=1S/C82H78O4/c1-5-9-13-25-45-83-63-49-64(84-46-26-14-10-6-2)76-68-56-34-22-18-30-52(56)38-42-60(68)72-74-62-44-40-54-32-20-24-36-58(54)70(62)78-66(86-48-28-16-12-8-4)50-65(85-47-27-15-11-7-3)77-69-57-35-23-19-31-53(57)39-43-61(69)73(80(74)82(77)78)71-59-41-37-51-29-17-21-33-55(51)67(59)75(63)81(76)79(71)72/h17-24,29-44,49-50H,5-16,25-28,45-48H2,1-4H3. The van der Waals surface area contributed by atoms with Crippen LogP contribution in [0.15, 0.2) is 158 Å².